The van der Waals surface area contributed by atoms with Crippen molar-refractivity contribution in [3.8, 4) is 5.82 Å². The number of amides is 1. The molecule has 1 amide bonds. The molecule has 0 radical (unpaired) electrons. The highest BCUT2D eigenvalue weighted by atomic mass is 19.1. The van der Waals surface area contributed by atoms with E-state index in [0.29, 0.717) is 12.4 Å². The number of rotatable bonds is 6. The van der Waals surface area contributed by atoms with Crippen molar-refractivity contribution in [2.24, 2.45) is 0 Å². The summed E-state index contributed by atoms with van der Waals surface area (Å²) in [5.74, 6) is -0.0683. The molecule has 0 aliphatic heterocycles. The minimum atomic E-state index is -0.342. The summed E-state index contributed by atoms with van der Waals surface area (Å²) >= 11 is 0. The molecule has 0 fully saturated rings. The molecule has 4 aromatic rings. The molecule has 6 nitrogen and oxygen atoms in total. The van der Waals surface area contributed by atoms with E-state index in [9.17, 15) is 9.18 Å². The van der Waals surface area contributed by atoms with E-state index < -0.39 is 0 Å². The second kappa shape index (κ2) is 8.32. The van der Waals surface area contributed by atoms with E-state index in [1.807, 2.05) is 67.2 Å². The van der Waals surface area contributed by atoms with Gasteiger partial charge in [0.15, 0.2) is 11.5 Å². The lowest BCUT2D eigenvalue weighted by atomic mass is 10.1. The molecule has 1 atom stereocenters. The van der Waals surface area contributed by atoms with Gasteiger partial charge in [0.2, 0.25) is 0 Å². The van der Waals surface area contributed by atoms with Crippen LogP contribution in [0.5, 0.6) is 0 Å². The van der Waals surface area contributed by atoms with Gasteiger partial charge in [-0.2, -0.15) is 0 Å². The lowest BCUT2D eigenvalue weighted by molar-refractivity contribution is 0.0934. The molecule has 0 bridgehead atoms. The third-order valence-electron chi connectivity index (χ3n) is 4.94. The Balaban J connectivity index is 1.62. The number of aryl methyl sites for hydroxylation is 1. The van der Waals surface area contributed by atoms with E-state index >= 15 is 0 Å². The Labute approximate surface area is 174 Å². The second-order valence-corrected chi connectivity index (χ2v) is 7.24. The van der Waals surface area contributed by atoms with Crippen LogP contribution in [0, 0.1) is 12.7 Å². The summed E-state index contributed by atoms with van der Waals surface area (Å²) in [6, 6.07) is 17.7. The minimum Gasteiger partial charge on any atom is -0.344 e. The van der Waals surface area contributed by atoms with E-state index in [1.165, 1.54) is 17.7 Å². The summed E-state index contributed by atoms with van der Waals surface area (Å²) < 4.78 is 16.7. The lowest BCUT2D eigenvalue weighted by Gasteiger charge is -2.14. The van der Waals surface area contributed by atoms with Crippen LogP contribution >= 0.6 is 0 Å². The molecule has 0 aliphatic carbocycles. The van der Waals surface area contributed by atoms with Crippen molar-refractivity contribution in [2.75, 3.05) is 0 Å². The van der Waals surface area contributed by atoms with Crippen LogP contribution in [0.1, 0.15) is 40.1 Å². The molecule has 2 heterocycles. The van der Waals surface area contributed by atoms with E-state index in [0.717, 1.165) is 11.1 Å². The van der Waals surface area contributed by atoms with Crippen LogP contribution in [0.25, 0.3) is 5.82 Å². The fourth-order valence-corrected chi connectivity index (χ4v) is 3.26. The molecule has 152 valence electrons. The summed E-state index contributed by atoms with van der Waals surface area (Å²) in [5.41, 5.74) is 3.27. The molecule has 0 saturated carbocycles. The fraction of sp³-hybridized carbons (Fsp3) is 0.174. The van der Waals surface area contributed by atoms with E-state index in [2.05, 4.69) is 15.6 Å². The Bertz CT molecular complexity index is 1130. The van der Waals surface area contributed by atoms with Crippen LogP contribution in [-0.4, -0.2) is 25.5 Å². The van der Waals surface area contributed by atoms with Crippen molar-refractivity contribution in [3.63, 3.8) is 0 Å². The summed E-state index contributed by atoms with van der Waals surface area (Å²) in [5, 5.41) is 11.3. The normalized spacial score (nSPS) is 12.0. The third-order valence-corrected chi connectivity index (χ3v) is 4.94. The Kier molecular flexibility index (Phi) is 5.43. The number of carbonyl (C=O) groups is 1. The first-order chi connectivity index (χ1) is 14.5. The number of hydrogen-bond donors (Lipinski definition) is 1. The fourth-order valence-electron chi connectivity index (χ4n) is 3.26. The Hall–Kier alpha value is -3.74. The predicted molar refractivity (Wildman–Crippen MR) is 112 cm³/mol. The maximum atomic E-state index is 13.2. The van der Waals surface area contributed by atoms with Crippen LogP contribution in [0.3, 0.4) is 0 Å². The van der Waals surface area contributed by atoms with E-state index in [-0.39, 0.29) is 23.5 Å². The first kappa shape index (κ1) is 19.6. The van der Waals surface area contributed by atoms with Crippen LogP contribution in [0.15, 0.2) is 73.1 Å². The summed E-state index contributed by atoms with van der Waals surface area (Å²) in [7, 11) is 0. The molecule has 7 heteroatoms. The smallest absolute Gasteiger partial charge is 0.276 e. The van der Waals surface area contributed by atoms with Gasteiger partial charge in [0.05, 0.1) is 12.6 Å². The number of carbonyl (C=O) groups excluding carboxylic acids is 1. The van der Waals surface area contributed by atoms with Gasteiger partial charge in [-0.25, -0.2) is 9.07 Å². The maximum absolute atomic E-state index is 13.2. The van der Waals surface area contributed by atoms with Crippen LogP contribution in [0.2, 0.25) is 0 Å². The number of hydrogen-bond acceptors (Lipinski definition) is 3. The average Bonchev–Trinajstić information content (AvgIpc) is 3.40. The molecule has 2 aromatic carbocycles. The quantitative estimate of drug-likeness (QED) is 0.528. The molecule has 0 aliphatic rings. The van der Waals surface area contributed by atoms with Gasteiger partial charge in [0.1, 0.15) is 5.82 Å². The topological polar surface area (TPSA) is 64.7 Å². The van der Waals surface area contributed by atoms with Gasteiger partial charge in [0.25, 0.3) is 5.91 Å². The monoisotopic (exact) mass is 403 g/mol. The van der Waals surface area contributed by atoms with Gasteiger partial charge < -0.3 is 9.88 Å². The molecule has 2 aromatic heterocycles. The lowest BCUT2D eigenvalue weighted by Crippen LogP contribution is -2.28. The SMILES string of the molecule is Cc1ccc(Cn2nnc(C(=O)N[C@@H](C)c3ccc(F)cc3)c2-n2cccc2)cc1. The molecule has 1 N–H and O–H groups in total. The summed E-state index contributed by atoms with van der Waals surface area (Å²) in [6.07, 6.45) is 3.70. The third kappa shape index (κ3) is 4.15. The van der Waals surface area contributed by atoms with E-state index in [1.54, 1.807) is 16.8 Å². The highest BCUT2D eigenvalue weighted by Gasteiger charge is 2.23. The average molecular weight is 403 g/mol. The van der Waals surface area contributed by atoms with E-state index in [4.69, 9.17) is 0 Å². The van der Waals surface area contributed by atoms with Gasteiger partial charge in [-0.3, -0.25) is 4.79 Å². The molecule has 0 spiro atoms. The van der Waals surface area contributed by atoms with Crippen molar-refractivity contribution in [3.05, 3.63) is 101 Å². The van der Waals surface area contributed by atoms with Crippen molar-refractivity contribution < 1.29 is 9.18 Å². The highest BCUT2D eigenvalue weighted by molar-refractivity contribution is 5.95. The van der Waals surface area contributed by atoms with Crippen molar-refractivity contribution in [1.82, 2.24) is 24.9 Å². The largest absolute Gasteiger partial charge is 0.344 e. The Morgan fingerprint density at radius 2 is 1.73 bits per heavy atom. The Morgan fingerprint density at radius 1 is 1.07 bits per heavy atom. The van der Waals surface area contributed by atoms with Crippen molar-refractivity contribution in [1.29, 1.82) is 0 Å². The van der Waals surface area contributed by atoms with Gasteiger partial charge in [-0.15, -0.1) is 5.10 Å². The highest BCUT2D eigenvalue weighted by Crippen LogP contribution is 2.18. The number of halogens is 1. The number of nitrogens with one attached hydrogen (secondary N) is 1. The predicted octanol–water partition coefficient (Wildman–Crippen LogP) is 4.06. The molecule has 4 rings (SSSR count). The van der Waals surface area contributed by atoms with Gasteiger partial charge >= 0.3 is 0 Å². The zero-order chi connectivity index (χ0) is 21.1. The molecule has 0 saturated heterocycles. The van der Waals surface area contributed by atoms with Crippen molar-refractivity contribution >= 4 is 5.91 Å². The zero-order valence-corrected chi connectivity index (χ0v) is 16.8. The molecule has 0 unspecified atom stereocenters. The summed E-state index contributed by atoms with van der Waals surface area (Å²) in [4.78, 5) is 13.0. The first-order valence-electron chi connectivity index (χ1n) is 9.70. The molecular formula is C23H22FN5O. The Morgan fingerprint density at radius 3 is 2.40 bits per heavy atom. The van der Waals surface area contributed by atoms with Crippen LogP contribution in [-0.2, 0) is 6.54 Å². The van der Waals surface area contributed by atoms with Crippen molar-refractivity contribution in [2.45, 2.75) is 26.4 Å². The van der Waals surface area contributed by atoms with Crippen LogP contribution in [0.4, 0.5) is 4.39 Å². The standard InChI is InChI=1S/C23H22FN5O/c1-16-5-7-18(8-6-16)15-29-23(28-13-3-4-14-28)21(26-27-29)22(30)25-17(2)19-9-11-20(24)12-10-19/h3-14,17H,15H2,1-2H3,(H,25,30)/t17-/m0/s1. The van der Waals surface area contributed by atoms with Crippen LogP contribution < -0.4 is 5.32 Å². The van der Waals surface area contributed by atoms with Gasteiger partial charge in [0, 0.05) is 12.4 Å². The maximum Gasteiger partial charge on any atom is 0.276 e. The minimum absolute atomic E-state index is 0.229. The van der Waals surface area contributed by atoms with Gasteiger partial charge in [-0.1, -0.05) is 47.2 Å². The first-order valence-corrected chi connectivity index (χ1v) is 9.70. The number of benzene rings is 2. The second-order valence-electron chi connectivity index (χ2n) is 7.24. The molecular weight excluding hydrogens is 381 g/mol. The summed E-state index contributed by atoms with van der Waals surface area (Å²) in [6.45, 7) is 4.37. The number of nitrogens with zero attached hydrogens (tertiary/aromatic N) is 4. The molecule has 30 heavy (non-hydrogen) atoms. The number of aromatic nitrogens is 4. The van der Waals surface area contributed by atoms with Gasteiger partial charge in [-0.05, 0) is 49.2 Å². The zero-order valence-electron chi connectivity index (χ0n) is 16.8.